The summed E-state index contributed by atoms with van der Waals surface area (Å²) < 4.78 is 26.4. The van der Waals surface area contributed by atoms with Crippen LogP contribution in [-0.4, -0.2) is 11.7 Å². The predicted molar refractivity (Wildman–Crippen MR) is 75.5 cm³/mol. The van der Waals surface area contributed by atoms with Crippen molar-refractivity contribution in [2.45, 2.75) is 0 Å². The first-order chi connectivity index (χ1) is 10.1. The molecule has 0 atom stereocenters. The van der Waals surface area contributed by atoms with Gasteiger partial charge in [-0.25, -0.2) is 13.8 Å². The fraction of sp³-hybridized carbons (Fsp3) is 0. The quantitative estimate of drug-likeness (QED) is 0.846. The maximum atomic E-state index is 13.2. The topological polar surface area (TPSA) is 41.5 Å². The Morgan fingerprint density at radius 1 is 1.00 bits per heavy atom. The molecule has 0 spiro atoms. The van der Waals surface area contributed by atoms with Crippen molar-refractivity contribution in [1.82, 2.24) is 5.32 Å². The number of hydrogen-bond acceptors (Lipinski definition) is 2. The summed E-state index contributed by atoms with van der Waals surface area (Å²) in [7, 11) is 0. The summed E-state index contributed by atoms with van der Waals surface area (Å²) in [6, 6.07) is 12.2. The van der Waals surface area contributed by atoms with Gasteiger partial charge < -0.3 is 5.32 Å². The zero-order chi connectivity index (χ0) is 14.8. The third-order valence-corrected chi connectivity index (χ3v) is 2.94. The minimum atomic E-state index is -0.720. The van der Waals surface area contributed by atoms with E-state index in [1.807, 2.05) is 30.3 Å². The zero-order valence-corrected chi connectivity index (χ0v) is 10.8. The second kappa shape index (κ2) is 5.28. The van der Waals surface area contributed by atoms with Crippen LogP contribution < -0.4 is 5.32 Å². The van der Waals surface area contributed by atoms with E-state index in [0.29, 0.717) is 0 Å². The molecule has 0 unspecified atom stereocenters. The first-order valence-corrected chi connectivity index (χ1v) is 6.25. The summed E-state index contributed by atoms with van der Waals surface area (Å²) in [6.07, 6.45) is 1.61. The number of hydrogen-bond donors (Lipinski definition) is 1. The molecule has 0 saturated carbocycles. The molecule has 1 aliphatic rings. The normalized spacial score (nSPS) is 16.0. The summed E-state index contributed by atoms with van der Waals surface area (Å²) in [5.41, 5.74) is 1.20. The highest BCUT2D eigenvalue weighted by Gasteiger charge is 2.21. The molecule has 104 valence electrons. The number of benzene rings is 2. The first-order valence-electron chi connectivity index (χ1n) is 6.25. The Hall–Kier alpha value is -2.82. The van der Waals surface area contributed by atoms with Crippen LogP contribution in [0.3, 0.4) is 0 Å². The molecule has 0 saturated heterocycles. The summed E-state index contributed by atoms with van der Waals surface area (Å²) in [5, 5.41) is 2.50. The van der Waals surface area contributed by atoms with Gasteiger partial charge in [0.05, 0.1) is 0 Å². The monoisotopic (exact) mass is 284 g/mol. The number of carbonyl (C=O) groups excluding carboxylic acids is 1. The van der Waals surface area contributed by atoms with Crippen LogP contribution in [0.5, 0.6) is 0 Å². The maximum absolute atomic E-state index is 13.2. The minimum Gasteiger partial charge on any atom is -0.305 e. The molecule has 5 heteroatoms. The Balaban J connectivity index is 1.97. The number of amidine groups is 1. The lowest BCUT2D eigenvalue weighted by Gasteiger charge is -2.00. The van der Waals surface area contributed by atoms with Crippen molar-refractivity contribution in [2.24, 2.45) is 4.99 Å². The number of aliphatic imine (C=N–C) groups is 1. The van der Waals surface area contributed by atoms with E-state index in [4.69, 9.17) is 0 Å². The Morgan fingerprint density at radius 3 is 2.33 bits per heavy atom. The summed E-state index contributed by atoms with van der Waals surface area (Å²) in [6.45, 7) is 0. The van der Waals surface area contributed by atoms with Crippen molar-refractivity contribution in [3.63, 3.8) is 0 Å². The second-order valence-electron chi connectivity index (χ2n) is 4.51. The largest absolute Gasteiger partial charge is 0.305 e. The molecule has 1 aliphatic heterocycles. The van der Waals surface area contributed by atoms with E-state index in [-0.39, 0.29) is 17.1 Å². The van der Waals surface area contributed by atoms with Gasteiger partial charge in [-0.3, -0.25) is 4.79 Å². The first kappa shape index (κ1) is 13.2. The average Bonchev–Trinajstić information content (AvgIpc) is 2.80. The van der Waals surface area contributed by atoms with E-state index < -0.39 is 17.5 Å². The second-order valence-corrected chi connectivity index (χ2v) is 4.51. The van der Waals surface area contributed by atoms with Gasteiger partial charge in [0.2, 0.25) is 0 Å². The minimum absolute atomic E-state index is 0.139. The summed E-state index contributed by atoms with van der Waals surface area (Å²) >= 11 is 0. The number of halogens is 2. The van der Waals surface area contributed by atoms with Gasteiger partial charge in [0, 0.05) is 11.6 Å². The molecule has 1 N–H and O–H groups in total. The van der Waals surface area contributed by atoms with Gasteiger partial charge in [0.1, 0.15) is 23.2 Å². The van der Waals surface area contributed by atoms with Gasteiger partial charge in [0.25, 0.3) is 5.91 Å². The lowest BCUT2D eigenvalue weighted by atomic mass is 10.2. The van der Waals surface area contributed by atoms with Crippen molar-refractivity contribution in [1.29, 1.82) is 0 Å². The summed E-state index contributed by atoms with van der Waals surface area (Å²) in [5.74, 6) is -1.70. The number of rotatable bonds is 2. The molecule has 21 heavy (non-hydrogen) atoms. The number of nitrogens with zero attached hydrogens (tertiary/aromatic N) is 1. The van der Waals surface area contributed by atoms with Crippen molar-refractivity contribution >= 4 is 17.8 Å². The highest BCUT2D eigenvalue weighted by Crippen LogP contribution is 2.16. The van der Waals surface area contributed by atoms with E-state index in [9.17, 15) is 13.6 Å². The molecule has 1 amide bonds. The third-order valence-electron chi connectivity index (χ3n) is 2.94. The van der Waals surface area contributed by atoms with Gasteiger partial charge in [0.15, 0.2) is 0 Å². The van der Waals surface area contributed by atoms with Crippen molar-refractivity contribution < 1.29 is 13.6 Å². The maximum Gasteiger partial charge on any atom is 0.275 e. The van der Waals surface area contributed by atoms with Crippen LogP contribution in [0.2, 0.25) is 0 Å². The average molecular weight is 284 g/mol. The molecule has 0 fully saturated rings. The molecule has 2 aromatic carbocycles. The van der Waals surface area contributed by atoms with Crippen LogP contribution in [0, 0.1) is 11.6 Å². The van der Waals surface area contributed by atoms with E-state index >= 15 is 0 Å². The molecule has 2 aromatic rings. The SMILES string of the molecule is O=C1NC(c2cc(F)cc(F)c2)=N/C1=C\c1ccccc1. The zero-order valence-electron chi connectivity index (χ0n) is 10.8. The fourth-order valence-electron chi connectivity index (χ4n) is 2.00. The number of amides is 1. The Morgan fingerprint density at radius 2 is 1.67 bits per heavy atom. The molecule has 3 nitrogen and oxygen atoms in total. The van der Waals surface area contributed by atoms with E-state index in [2.05, 4.69) is 10.3 Å². The van der Waals surface area contributed by atoms with Crippen LogP contribution in [0.15, 0.2) is 59.2 Å². The highest BCUT2D eigenvalue weighted by molar-refractivity contribution is 6.19. The summed E-state index contributed by atoms with van der Waals surface area (Å²) in [4.78, 5) is 16.0. The van der Waals surface area contributed by atoms with Gasteiger partial charge in [-0.2, -0.15) is 0 Å². The Bertz CT molecular complexity index is 747. The number of carbonyl (C=O) groups is 1. The van der Waals surface area contributed by atoms with Gasteiger partial charge >= 0.3 is 0 Å². The van der Waals surface area contributed by atoms with Gasteiger partial charge in [-0.15, -0.1) is 0 Å². The predicted octanol–water partition coefficient (Wildman–Crippen LogP) is 2.88. The lowest BCUT2D eigenvalue weighted by Crippen LogP contribution is -2.24. The van der Waals surface area contributed by atoms with Crippen LogP contribution in [0.25, 0.3) is 6.08 Å². The molecule has 0 aromatic heterocycles. The Kier molecular flexibility index (Phi) is 3.31. The van der Waals surface area contributed by atoms with E-state index in [0.717, 1.165) is 23.8 Å². The standard InChI is InChI=1S/C16H10F2N2O/c17-12-7-11(8-13(18)9-12)15-19-14(16(21)20-15)6-10-4-2-1-3-5-10/h1-9H,(H,19,20,21)/b14-6-. The van der Waals surface area contributed by atoms with Gasteiger partial charge in [-0.05, 0) is 23.8 Å². The smallest absolute Gasteiger partial charge is 0.275 e. The van der Waals surface area contributed by atoms with Crippen LogP contribution >= 0.6 is 0 Å². The molecular weight excluding hydrogens is 274 g/mol. The van der Waals surface area contributed by atoms with Crippen LogP contribution in [0.4, 0.5) is 8.78 Å². The fourth-order valence-corrected chi connectivity index (χ4v) is 2.00. The lowest BCUT2D eigenvalue weighted by molar-refractivity contribution is -0.115. The van der Waals surface area contributed by atoms with Gasteiger partial charge in [-0.1, -0.05) is 30.3 Å². The van der Waals surface area contributed by atoms with Crippen LogP contribution in [0.1, 0.15) is 11.1 Å². The molecule has 0 radical (unpaired) electrons. The molecule has 1 heterocycles. The van der Waals surface area contributed by atoms with E-state index in [1.54, 1.807) is 6.08 Å². The van der Waals surface area contributed by atoms with Crippen molar-refractivity contribution in [2.75, 3.05) is 0 Å². The van der Waals surface area contributed by atoms with Crippen LogP contribution in [-0.2, 0) is 4.79 Å². The van der Waals surface area contributed by atoms with Crippen molar-refractivity contribution in [3.05, 3.63) is 77.0 Å². The molecular formula is C16H10F2N2O. The molecule has 3 rings (SSSR count). The number of nitrogens with one attached hydrogen (secondary N) is 1. The van der Waals surface area contributed by atoms with E-state index in [1.165, 1.54) is 0 Å². The third kappa shape index (κ3) is 2.86. The molecule has 0 aliphatic carbocycles. The molecule has 0 bridgehead atoms. The van der Waals surface area contributed by atoms with Crippen molar-refractivity contribution in [3.8, 4) is 0 Å². The Labute approximate surface area is 119 Å². The highest BCUT2D eigenvalue weighted by atomic mass is 19.1.